The second kappa shape index (κ2) is 10.1. The molecule has 0 amide bonds. The number of nitrogens with one attached hydrogen (secondary N) is 1. The zero-order valence-electron chi connectivity index (χ0n) is 21.4. The Kier molecular flexibility index (Phi) is 6.32. The second-order valence-electron chi connectivity index (χ2n) is 9.74. The lowest BCUT2D eigenvalue weighted by Gasteiger charge is -2.13. The molecule has 0 saturated heterocycles. The fourth-order valence-corrected chi connectivity index (χ4v) is 4.78. The number of aliphatic carboxylic acids is 1. The number of nitrogens with zero attached hydrogens (tertiary/aromatic N) is 2. The number of aryl methyl sites for hydroxylation is 1. The molecule has 1 fully saturated rings. The lowest BCUT2D eigenvalue weighted by molar-refractivity contribution is -0.140. The molecule has 0 atom stereocenters. The van der Waals surface area contributed by atoms with Crippen molar-refractivity contribution in [1.29, 1.82) is 0 Å². The van der Waals surface area contributed by atoms with E-state index in [1.54, 1.807) is 0 Å². The van der Waals surface area contributed by atoms with Crippen molar-refractivity contribution in [2.24, 2.45) is 0 Å². The molecule has 7 nitrogen and oxygen atoms in total. The molecule has 2 heterocycles. The topological polar surface area (TPSA) is 97.5 Å². The van der Waals surface area contributed by atoms with E-state index in [1.165, 1.54) is 0 Å². The zero-order valence-corrected chi connectivity index (χ0v) is 21.4. The first-order chi connectivity index (χ1) is 19.0. The Morgan fingerprint density at radius 3 is 2.36 bits per heavy atom. The Hall–Kier alpha value is -4.91. The maximum Gasteiger partial charge on any atom is 0.314 e. The SMILES string of the molecule is Cc1noc(-c2ccccc2-c2ccc(C3(C(=O)O)CC3)cc2)c1Nc1cccc(OCc2ccccc2)n1. The summed E-state index contributed by atoms with van der Waals surface area (Å²) in [5.41, 5.74) is 5.37. The highest BCUT2D eigenvalue weighted by molar-refractivity contribution is 5.89. The summed E-state index contributed by atoms with van der Waals surface area (Å²) in [7, 11) is 0. The van der Waals surface area contributed by atoms with Crippen LogP contribution in [0.15, 0.2) is 102 Å². The summed E-state index contributed by atoms with van der Waals surface area (Å²) >= 11 is 0. The molecule has 39 heavy (non-hydrogen) atoms. The summed E-state index contributed by atoms with van der Waals surface area (Å²) in [4.78, 5) is 16.4. The van der Waals surface area contributed by atoms with E-state index in [0.29, 0.717) is 42.6 Å². The van der Waals surface area contributed by atoms with Crippen molar-refractivity contribution < 1.29 is 19.2 Å². The van der Waals surface area contributed by atoms with Gasteiger partial charge >= 0.3 is 5.97 Å². The monoisotopic (exact) mass is 517 g/mol. The Morgan fingerprint density at radius 1 is 0.923 bits per heavy atom. The van der Waals surface area contributed by atoms with E-state index in [2.05, 4.69) is 15.5 Å². The number of aromatic nitrogens is 2. The lowest BCUT2D eigenvalue weighted by atomic mass is 9.92. The van der Waals surface area contributed by atoms with Gasteiger partial charge in [0.15, 0.2) is 5.76 Å². The molecule has 5 aromatic rings. The summed E-state index contributed by atoms with van der Waals surface area (Å²) in [5.74, 6) is 0.952. The van der Waals surface area contributed by atoms with Gasteiger partial charge in [0.2, 0.25) is 5.88 Å². The van der Waals surface area contributed by atoms with Gasteiger partial charge in [-0.25, -0.2) is 0 Å². The molecule has 1 saturated carbocycles. The smallest absolute Gasteiger partial charge is 0.314 e. The van der Waals surface area contributed by atoms with Gasteiger partial charge in [-0.3, -0.25) is 4.79 Å². The Morgan fingerprint density at radius 2 is 1.64 bits per heavy atom. The van der Waals surface area contributed by atoms with Crippen molar-refractivity contribution in [2.45, 2.75) is 31.8 Å². The van der Waals surface area contributed by atoms with Crippen LogP contribution in [0.3, 0.4) is 0 Å². The van der Waals surface area contributed by atoms with Gasteiger partial charge in [0.1, 0.15) is 23.8 Å². The van der Waals surface area contributed by atoms with Crippen LogP contribution in [-0.2, 0) is 16.8 Å². The minimum atomic E-state index is -0.758. The van der Waals surface area contributed by atoms with E-state index < -0.39 is 11.4 Å². The third kappa shape index (κ3) is 4.86. The molecule has 2 aromatic heterocycles. The normalized spacial score (nSPS) is 13.6. The highest BCUT2D eigenvalue weighted by atomic mass is 16.5. The number of carbonyl (C=O) groups is 1. The van der Waals surface area contributed by atoms with Gasteiger partial charge in [-0.1, -0.05) is 90.1 Å². The predicted molar refractivity (Wildman–Crippen MR) is 149 cm³/mol. The second-order valence-corrected chi connectivity index (χ2v) is 9.74. The van der Waals surface area contributed by atoms with Gasteiger partial charge in [-0.15, -0.1) is 0 Å². The molecule has 2 N–H and O–H groups in total. The van der Waals surface area contributed by atoms with Crippen molar-refractivity contribution in [3.05, 3.63) is 114 Å². The molecule has 1 aliphatic rings. The number of carboxylic acid groups (broad SMARTS) is 1. The molecule has 0 spiro atoms. The van der Waals surface area contributed by atoms with Crippen LogP contribution in [0.5, 0.6) is 5.88 Å². The maximum atomic E-state index is 11.8. The van der Waals surface area contributed by atoms with Gasteiger partial charge in [-0.05, 0) is 48.1 Å². The van der Waals surface area contributed by atoms with E-state index in [9.17, 15) is 9.90 Å². The van der Waals surface area contributed by atoms with Crippen molar-refractivity contribution >= 4 is 17.5 Å². The first kappa shape index (κ1) is 24.4. The van der Waals surface area contributed by atoms with Crippen molar-refractivity contribution in [2.75, 3.05) is 5.32 Å². The average Bonchev–Trinajstić information content (AvgIpc) is 3.72. The Balaban J connectivity index is 1.27. The number of pyridine rings is 1. The van der Waals surface area contributed by atoms with E-state index in [0.717, 1.165) is 33.5 Å². The van der Waals surface area contributed by atoms with Gasteiger partial charge in [0, 0.05) is 11.6 Å². The van der Waals surface area contributed by atoms with Gasteiger partial charge in [0.05, 0.1) is 5.41 Å². The Labute approximate surface area is 226 Å². The van der Waals surface area contributed by atoms with Crippen LogP contribution in [0.2, 0.25) is 0 Å². The van der Waals surface area contributed by atoms with Crippen molar-refractivity contribution in [3.8, 4) is 28.3 Å². The minimum Gasteiger partial charge on any atom is -0.481 e. The van der Waals surface area contributed by atoms with E-state index in [4.69, 9.17) is 9.26 Å². The molecule has 0 unspecified atom stereocenters. The largest absolute Gasteiger partial charge is 0.481 e. The molecule has 0 radical (unpaired) electrons. The van der Waals surface area contributed by atoms with Crippen LogP contribution in [-0.4, -0.2) is 21.2 Å². The van der Waals surface area contributed by atoms with Gasteiger partial charge < -0.3 is 19.7 Å². The summed E-state index contributed by atoms with van der Waals surface area (Å²) < 4.78 is 11.7. The highest BCUT2D eigenvalue weighted by Gasteiger charge is 2.51. The quantitative estimate of drug-likeness (QED) is 0.214. The third-order valence-corrected chi connectivity index (χ3v) is 7.15. The molecule has 1 aliphatic carbocycles. The third-order valence-electron chi connectivity index (χ3n) is 7.15. The van der Waals surface area contributed by atoms with E-state index >= 15 is 0 Å². The average molecular weight is 518 g/mol. The van der Waals surface area contributed by atoms with Crippen LogP contribution in [0.4, 0.5) is 11.5 Å². The molecule has 3 aromatic carbocycles. The molecule has 7 heteroatoms. The predicted octanol–water partition coefficient (Wildman–Crippen LogP) is 7.15. The van der Waals surface area contributed by atoms with Crippen LogP contribution in [0.25, 0.3) is 22.5 Å². The number of ether oxygens (including phenoxy) is 1. The van der Waals surface area contributed by atoms with Crippen molar-refractivity contribution in [3.63, 3.8) is 0 Å². The number of rotatable bonds is 9. The molecular formula is C32H27N3O4. The summed E-state index contributed by atoms with van der Waals surface area (Å²) in [6, 6.07) is 31.2. The van der Waals surface area contributed by atoms with E-state index in [-0.39, 0.29) is 0 Å². The summed E-state index contributed by atoms with van der Waals surface area (Å²) in [5, 5.41) is 17.3. The number of hydrogen-bond acceptors (Lipinski definition) is 6. The highest BCUT2D eigenvalue weighted by Crippen LogP contribution is 2.49. The first-order valence-corrected chi connectivity index (χ1v) is 12.8. The molecule has 0 bridgehead atoms. The molecule has 6 rings (SSSR count). The van der Waals surface area contributed by atoms with Crippen LogP contribution >= 0.6 is 0 Å². The summed E-state index contributed by atoms with van der Waals surface area (Å²) in [6.45, 7) is 2.30. The molecular weight excluding hydrogens is 490 g/mol. The van der Waals surface area contributed by atoms with Gasteiger partial charge in [0.25, 0.3) is 0 Å². The molecule has 0 aliphatic heterocycles. The lowest BCUT2D eigenvalue weighted by Crippen LogP contribution is -2.19. The fourth-order valence-electron chi connectivity index (χ4n) is 4.78. The minimum absolute atomic E-state index is 0.425. The van der Waals surface area contributed by atoms with Crippen molar-refractivity contribution in [1.82, 2.24) is 10.1 Å². The number of benzene rings is 3. The number of carboxylic acids is 1. The standard InChI is InChI=1S/C32H27N3O4/c1-21-29(34-27-12-7-13-28(33-27)38-20-22-8-3-2-4-9-22)30(39-35-21)26-11-6-5-10-25(26)23-14-16-24(17-15-23)32(18-19-32)31(36)37/h2-17H,18-20H2,1H3,(H,33,34)(H,36,37). The van der Waals surface area contributed by atoms with Crippen LogP contribution in [0.1, 0.15) is 29.7 Å². The van der Waals surface area contributed by atoms with Crippen LogP contribution in [0, 0.1) is 6.92 Å². The maximum absolute atomic E-state index is 11.8. The fraction of sp³-hybridized carbons (Fsp3) is 0.156. The van der Waals surface area contributed by atoms with Crippen LogP contribution < -0.4 is 10.1 Å². The molecule has 194 valence electrons. The number of anilines is 2. The Bertz CT molecular complexity index is 1620. The first-order valence-electron chi connectivity index (χ1n) is 12.8. The van der Waals surface area contributed by atoms with E-state index in [1.807, 2.05) is 104 Å². The van der Waals surface area contributed by atoms with Gasteiger partial charge in [-0.2, -0.15) is 4.98 Å². The zero-order chi connectivity index (χ0) is 26.8. The summed E-state index contributed by atoms with van der Waals surface area (Å²) in [6.07, 6.45) is 1.36. The number of hydrogen-bond donors (Lipinski definition) is 2.